The summed E-state index contributed by atoms with van der Waals surface area (Å²) in [6.07, 6.45) is -4.39. The maximum absolute atomic E-state index is 14.0. The molecular formula is C23H18F4N2O3S2. The first-order valence-corrected chi connectivity index (χ1v) is 11.7. The number of aliphatic carboxylic acids is 1. The van der Waals surface area contributed by atoms with Crippen molar-refractivity contribution in [3.8, 4) is 16.3 Å². The van der Waals surface area contributed by atoms with E-state index in [1.165, 1.54) is 28.7 Å². The summed E-state index contributed by atoms with van der Waals surface area (Å²) in [5.41, 5.74) is 1.17. The van der Waals surface area contributed by atoms with Crippen molar-refractivity contribution in [3.63, 3.8) is 0 Å². The predicted molar refractivity (Wildman–Crippen MR) is 122 cm³/mol. The Morgan fingerprint density at radius 2 is 1.88 bits per heavy atom. The van der Waals surface area contributed by atoms with Gasteiger partial charge in [-0.15, -0.1) is 22.7 Å². The van der Waals surface area contributed by atoms with Crippen molar-refractivity contribution in [3.05, 3.63) is 62.9 Å². The summed E-state index contributed by atoms with van der Waals surface area (Å²) in [5, 5.41) is 10.0. The molecule has 0 bridgehead atoms. The molecule has 178 valence electrons. The summed E-state index contributed by atoms with van der Waals surface area (Å²) < 4.78 is 59.3. The zero-order valence-corrected chi connectivity index (χ0v) is 19.6. The van der Waals surface area contributed by atoms with Crippen molar-refractivity contribution in [1.82, 2.24) is 9.97 Å². The average Bonchev–Trinajstić information content (AvgIpc) is 3.34. The largest absolute Gasteiger partial charge is 0.488 e. The number of carboxylic acids is 1. The Labute approximate surface area is 199 Å². The normalized spacial score (nSPS) is 11.8. The molecule has 11 heteroatoms. The van der Waals surface area contributed by atoms with Gasteiger partial charge >= 0.3 is 12.1 Å². The number of carboxylic acid groups (broad SMARTS) is 1. The smallest absolute Gasteiger partial charge is 0.419 e. The van der Waals surface area contributed by atoms with Gasteiger partial charge in [0.15, 0.2) is 0 Å². The molecule has 0 atom stereocenters. The van der Waals surface area contributed by atoms with E-state index in [2.05, 4.69) is 9.97 Å². The van der Waals surface area contributed by atoms with Crippen LogP contribution in [0.1, 0.15) is 33.1 Å². The fraction of sp³-hybridized carbons (Fsp3) is 0.261. The molecule has 0 radical (unpaired) electrons. The average molecular weight is 511 g/mol. The van der Waals surface area contributed by atoms with E-state index in [0.717, 1.165) is 31.7 Å². The maximum Gasteiger partial charge on any atom is 0.419 e. The topological polar surface area (TPSA) is 72.3 Å². The lowest BCUT2D eigenvalue weighted by Gasteiger charge is -2.09. The van der Waals surface area contributed by atoms with Crippen LogP contribution in [-0.2, 0) is 24.0 Å². The van der Waals surface area contributed by atoms with Crippen molar-refractivity contribution in [1.29, 1.82) is 0 Å². The molecule has 2 aromatic carbocycles. The van der Waals surface area contributed by atoms with Crippen molar-refractivity contribution in [2.75, 3.05) is 0 Å². The number of aryl methyl sites for hydroxylation is 3. The molecule has 34 heavy (non-hydrogen) atoms. The van der Waals surface area contributed by atoms with Gasteiger partial charge in [0, 0.05) is 17.5 Å². The number of aromatic nitrogens is 2. The number of hydrogen-bond acceptors (Lipinski definition) is 6. The molecule has 0 aliphatic carbocycles. The number of carbonyl (C=O) groups is 1. The van der Waals surface area contributed by atoms with Crippen LogP contribution in [0.4, 0.5) is 17.6 Å². The lowest BCUT2D eigenvalue weighted by Crippen LogP contribution is -2.07. The van der Waals surface area contributed by atoms with E-state index in [1.807, 2.05) is 19.1 Å². The summed E-state index contributed by atoms with van der Waals surface area (Å²) in [4.78, 5) is 20.5. The number of halogens is 4. The predicted octanol–water partition coefficient (Wildman–Crippen LogP) is 6.79. The number of nitrogens with zero attached hydrogens (tertiary/aromatic N) is 2. The van der Waals surface area contributed by atoms with Crippen LogP contribution in [0.2, 0.25) is 0 Å². The maximum atomic E-state index is 14.0. The fourth-order valence-corrected chi connectivity index (χ4v) is 5.33. The van der Waals surface area contributed by atoms with Gasteiger partial charge in [0.25, 0.3) is 0 Å². The van der Waals surface area contributed by atoms with Crippen LogP contribution >= 0.6 is 22.7 Å². The van der Waals surface area contributed by atoms with Crippen LogP contribution in [0.3, 0.4) is 0 Å². The van der Waals surface area contributed by atoms with Crippen LogP contribution < -0.4 is 4.74 Å². The molecule has 4 rings (SSSR count). The van der Waals surface area contributed by atoms with E-state index in [0.29, 0.717) is 28.9 Å². The first kappa shape index (κ1) is 24.1. The Balaban J connectivity index is 1.52. The Morgan fingerprint density at radius 3 is 2.56 bits per heavy atom. The monoisotopic (exact) mass is 510 g/mol. The van der Waals surface area contributed by atoms with Gasteiger partial charge in [-0.05, 0) is 38.1 Å². The van der Waals surface area contributed by atoms with E-state index in [4.69, 9.17) is 9.84 Å². The molecule has 0 aliphatic rings. The number of ether oxygens (including phenoxy) is 1. The lowest BCUT2D eigenvalue weighted by atomic mass is 10.1. The molecule has 0 unspecified atom stereocenters. The number of rotatable bonds is 7. The minimum absolute atomic E-state index is 0.0120. The molecule has 0 fully saturated rings. The lowest BCUT2D eigenvalue weighted by molar-refractivity contribution is -0.140. The number of thiazole rings is 2. The number of benzene rings is 2. The van der Waals surface area contributed by atoms with Crippen LogP contribution in [-0.4, -0.2) is 21.0 Å². The summed E-state index contributed by atoms with van der Waals surface area (Å²) in [6, 6.07) is 6.45. The quantitative estimate of drug-likeness (QED) is 0.277. The summed E-state index contributed by atoms with van der Waals surface area (Å²) in [6.45, 7) is 3.80. The zero-order valence-electron chi connectivity index (χ0n) is 18.0. The SMILES string of the molecule is Cc1nc(-c2ccc(C(F)(F)F)c(F)c2)sc1COc1ccc2sc(CCC(=O)O)nc2c1C. The van der Waals surface area contributed by atoms with Crippen molar-refractivity contribution in [2.24, 2.45) is 0 Å². The first-order valence-electron chi connectivity index (χ1n) is 10.1. The minimum atomic E-state index is -4.76. The third-order valence-electron chi connectivity index (χ3n) is 5.13. The standard InChI is InChI=1S/C23H18F4N2O3S2/c1-11-16(5-6-17-21(11)29-19(33-17)7-8-20(30)31)32-10-18-12(2)28-22(34-18)13-3-4-14(15(24)9-13)23(25,26)27/h3-6,9H,7-8,10H2,1-2H3,(H,30,31). The van der Waals surface area contributed by atoms with E-state index in [9.17, 15) is 22.4 Å². The number of hydrogen-bond donors (Lipinski definition) is 1. The molecule has 0 saturated heterocycles. The third kappa shape index (κ3) is 5.05. The van der Waals surface area contributed by atoms with Gasteiger partial charge in [-0.25, -0.2) is 14.4 Å². The Hall–Kier alpha value is -3.05. The van der Waals surface area contributed by atoms with Crippen LogP contribution in [0, 0.1) is 19.7 Å². The highest BCUT2D eigenvalue weighted by Crippen LogP contribution is 2.36. The van der Waals surface area contributed by atoms with Gasteiger partial charge in [0.05, 0.1) is 37.8 Å². The van der Waals surface area contributed by atoms with E-state index >= 15 is 0 Å². The third-order valence-corrected chi connectivity index (χ3v) is 7.39. The summed E-state index contributed by atoms with van der Waals surface area (Å²) >= 11 is 2.67. The van der Waals surface area contributed by atoms with Gasteiger partial charge in [0.1, 0.15) is 23.2 Å². The van der Waals surface area contributed by atoms with Gasteiger partial charge in [0.2, 0.25) is 0 Å². The first-order chi connectivity index (χ1) is 16.0. The Bertz CT molecular complexity index is 1380. The van der Waals surface area contributed by atoms with Gasteiger partial charge in [-0.1, -0.05) is 6.07 Å². The molecule has 0 spiro atoms. The summed E-state index contributed by atoms with van der Waals surface area (Å²) in [5.74, 6) is -1.61. The fourth-order valence-electron chi connectivity index (χ4n) is 3.34. The van der Waals surface area contributed by atoms with Gasteiger partial charge < -0.3 is 9.84 Å². The highest BCUT2D eigenvalue weighted by Gasteiger charge is 2.34. The minimum Gasteiger partial charge on any atom is -0.488 e. The number of alkyl halides is 3. The molecule has 2 aromatic heterocycles. The molecular weight excluding hydrogens is 492 g/mol. The molecule has 5 nitrogen and oxygen atoms in total. The molecule has 2 heterocycles. The zero-order chi connectivity index (χ0) is 24.6. The van der Waals surface area contributed by atoms with Crippen molar-refractivity contribution < 1.29 is 32.2 Å². The van der Waals surface area contributed by atoms with E-state index in [-0.39, 0.29) is 18.6 Å². The Morgan fingerprint density at radius 1 is 1.12 bits per heavy atom. The highest BCUT2D eigenvalue weighted by molar-refractivity contribution is 7.18. The molecule has 0 amide bonds. The molecule has 4 aromatic rings. The summed E-state index contributed by atoms with van der Waals surface area (Å²) in [7, 11) is 0. The Kier molecular flexibility index (Phi) is 6.59. The second-order valence-electron chi connectivity index (χ2n) is 7.55. The second kappa shape index (κ2) is 9.30. The molecule has 0 saturated carbocycles. The van der Waals surface area contributed by atoms with E-state index < -0.39 is 23.5 Å². The van der Waals surface area contributed by atoms with Crippen LogP contribution in [0.25, 0.3) is 20.8 Å². The van der Waals surface area contributed by atoms with Gasteiger partial charge in [-0.3, -0.25) is 4.79 Å². The van der Waals surface area contributed by atoms with Crippen LogP contribution in [0.15, 0.2) is 30.3 Å². The molecule has 1 N–H and O–H groups in total. The number of fused-ring (bicyclic) bond motifs is 1. The van der Waals surface area contributed by atoms with E-state index in [1.54, 1.807) is 6.92 Å². The molecule has 0 aliphatic heterocycles. The van der Waals surface area contributed by atoms with Crippen LogP contribution in [0.5, 0.6) is 5.75 Å². The second-order valence-corrected chi connectivity index (χ2v) is 9.74. The highest BCUT2D eigenvalue weighted by atomic mass is 32.1. The van der Waals surface area contributed by atoms with Gasteiger partial charge in [-0.2, -0.15) is 13.2 Å². The van der Waals surface area contributed by atoms with Crippen molar-refractivity contribution in [2.45, 2.75) is 39.5 Å². The van der Waals surface area contributed by atoms with Crippen molar-refractivity contribution >= 4 is 38.9 Å².